The zero-order valence-corrected chi connectivity index (χ0v) is 9.60. The normalized spacial score (nSPS) is 10.7. The molecule has 88 valence electrons. The van der Waals surface area contributed by atoms with Crippen molar-refractivity contribution in [1.29, 1.82) is 0 Å². The summed E-state index contributed by atoms with van der Waals surface area (Å²) < 4.78 is 13.0. The van der Waals surface area contributed by atoms with Crippen LogP contribution >= 0.6 is 0 Å². The average Bonchev–Trinajstić information content (AvgIpc) is 2.38. The van der Waals surface area contributed by atoms with Gasteiger partial charge in [0.25, 0.3) is 0 Å². The minimum atomic E-state index is -0.324. The highest BCUT2D eigenvalue weighted by Crippen LogP contribution is 2.28. The monoisotopic (exact) mass is 238 g/mol. The van der Waals surface area contributed by atoms with Crippen molar-refractivity contribution >= 4 is 16.6 Å². The van der Waals surface area contributed by atoms with Gasteiger partial charge in [-0.05, 0) is 35.9 Å². The Hall–Kier alpha value is -2.42. The summed E-state index contributed by atoms with van der Waals surface area (Å²) in [6.45, 7) is 0. The lowest BCUT2D eigenvalue weighted by Crippen LogP contribution is -1.91. The summed E-state index contributed by atoms with van der Waals surface area (Å²) in [5.74, 6) is -0.324. The van der Waals surface area contributed by atoms with Gasteiger partial charge in [0.1, 0.15) is 5.82 Å². The molecule has 0 unspecified atom stereocenters. The minimum absolute atomic E-state index is 0.324. The van der Waals surface area contributed by atoms with Crippen LogP contribution in [0.25, 0.3) is 22.0 Å². The Labute approximate surface area is 104 Å². The van der Waals surface area contributed by atoms with Crippen molar-refractivity contribution in [3.05, 3.63) is 60.5 Å². The third-order valence-electron chi connectivity index (χ3n) is 2.93. The summed E-state index contributed by atoms with van der Waals surface area (Å²) >= 11 is 0. The van der Waals surface area contributed by atoms with Crippen LogP contribution in [0.15, 0.2) is 54.7 Å². The first-order chi connectivity index (χ1) is 8.74. The molecule has 1 aromatic heterocycles. The Morgan fingerprint density at radius 1 is 1.00 bits per heavy atom. The molecule has 0 saturated carbocycles. The van der Waals surface area contributed by atoms with E-state index in [-0.39, 0.29) is 5.82 Å². The second-order valence-corrected chi connectivity index (χ2v) is 4.14. The van der Waals surface area contributed by atoms with Gasteiger partial charge in [-0.3, -0.25) is 4.98 Å². The van der Waals surface area contributed by atoms with Gasteiger partial charge in [0.05, 0.1) is 5.52 Å². The van der Waals surface area contributed by atoms with Gasteiger partial charge in [-0.25, -0.2) is 4.39 Å². The molecule has 3 rings (SSSR count). The highest BCUT2D eigenvalue weighted by Gasteiger charge is 2.05. The molecule has 2 N–H and O–H groups in total. The molecule has 3 heteroatoms. The van der Waals surface area contributed by atoms with Gasteiger partial charge < -0.3 is 5.73 Å². The van der Waals surface area contributed by atoms with E-state index in [1.807, 2.05) is 30.3 Å². The molecule has 0 fully saturated rings. The molecular weight excluding hydrogens is 227 g/mol. The number of aromatic nitrogens is 1. The Kier molecular flexibility index (Phi) is 2.45. The molecule has 0 radical (unpaired) electrons. The van der Waals surface area contributed by atoms with Crippen molar-refractivity contribution in [2.24, 2.45) is 0 Å². The van der Waals surface area contributed by atoms with E-state index < -0.39 is 0 Å². The predicted molar refractivity (Wildman–Crippen MR) is 71.5 cm³/mol. The minimum Gasteiger partial charge on any atom is -0.398 e. The fourth-order valence-electron chi connectivity index (χ4n) is 2.03. The van der Waals surface area contributed by atoms with E-state index >= 15 is 0 Å². The van der Waals surface area contributed by atoms with Gasteiger partial charge in [-0.2, -0.15) is 0 Å². The Morgan fingerprint density at radius 2 is 1.89 bits per heavy atom. The van der Waals surface area contributed by atoms with E-state index in [1.54, 1.807) is 12.3 Å². The summed E-state index contributed by atoms with van der Waals surface area (Å²) in [7, 11) is 0. The highest BCUT2D eigenvalue weighted by atomic mass is 19.1. The lowest BCUT2D eigenvalue weighted by atomic mass is 10.0. The quantitative estimate of drug-likeness (QED) is 0.657. The van der Waals surface area contributed by atoms with Gasteiger partial charge in [0.15, 0.2) is 0 Å². The van der Waals surface area contributed by atoms with Gasteiger partial charge in [0.2, 0.25) is 0 Å². The number of rotatable bonds is 1. The van der Waals surface area contributed by atoms with E-state index in [2.05, 4.69) is 4.98 Å². The van der Waals surface area contributed by atoms with Crippen LogP contribution in [0.1, 0.15) is 0 Å². The SMILES string of the molecule is Nc1cc(F)ccc1-c1ccc2cccnc2c1. The number of hydrogen-bond donors (Lipinski definition) is 1. The summed E-state index contributed by atoms with van der Waals surface area (Å²) in [6, 6.07) is 14.2. The summed E-state index contributed by atoms with van der Waals surface area (Å²) in [5, 5.41) is 1.07. The average molecular weight is 238 g/mol. The van der Waals surface area contributed by atoms with Crippen LogP contribution in [0.5, 0.6) is 0 Å². The van der Waals surface area contributed by atoms with Crippen molar-refractivity contribution in [2.75, 3.05) is 5.73 Å². The maximum absolute atomic E-state index is 13.0. The third kappa shape index (κ3) is 1.80. The first kappa shape index (κ1) is 10.7. The van der Waals surface area contributed by atoms with E-state index in [9.17, 15) is 4.39 Å². The molecule has 1 heterocycles. The maximum Gasteiger partial charge on any atom is 0.125 e. The molecule has 0 saturated heterocycles. The topological polar surface area (TPSA) is 38.9 Å². The second kappa shape index (κ2) is 4.11. The van der Waals surface area contributed by atoms with Crippen LogP contribution in [0.3, 0.4) is 0 Å². The Morgan fingerprint density at radius 3 is 2.72 bits per heavy atom. The van der Waals surface area contributed by atoms with Crippen LogP contribution in [-0.4, -0.2) is 4.98 Å². The lowest BCUT2D eigenvalue weighted by molar-refractivity contribution is 0.628. The molecule has 0 aliphatic carbocycles. The number of halogens is 1. The van der Waals surface area contributed by atoms with Crippen LogP contribution in [-0.2, 0) is 0 Å². The number of nitrogens with two attached hydrogens (primary N) is 1. The molecule has 18 heavy (non-hydrogen) atoms. The summed E-state index contributed by atoms with van der Waals surface area (Å²) in [6.07, 6.45) is 1.75. The first-order valence-electron chi connectivity index (χ1n) is 5.64. The fraction of sp³-hybridized carbons (Fsp3) is 0. The number of pyridine rings is 1. The number of hydrogen-bond acceptors (Lipinski definition) is 2. The van der Waals surface area contributed by atoms with Crippen LogP contribution in [0.2, 0.25) is 0 Å². The van der Waals surface area contributed by atoms with Crippen molar-refractivity contribution < 1.29 is 4.39 Å². The highest BCUT2D eigenvalue weighted by molar-refractivity contribution is 5.86. The lowest BCUT2D eigenvalue weighted by Gasteiger charge is -2.07. The predicted octanol–water partition coefficient (Wildman–Crippen LogP) is 3.62. The molecule has 0 aliphatic heterocycles. The number of anilines is 1. The van der Waals surface area contributed by atoms with Gasteiger partial charge in [0, 0.05) is 22.8 Å². The van der Waals surface area contributed by atoms with E-state index in [0.29, 0.717) is 5.69 Å². The summed E-state index contributed by atoms with van der Waals surface area (Å²) in [4.78, 5) is 4.30. The Bertz CT molecular complexity index is 723. The van der Waals surface area contributed by atoms with Crippen molar-refractivity contribution in [3.8, 4) is 11.1 Å². The largest absolute Gasteiger partial charge is 0.398 e. The van der Waals surface area contributed by atoms with E-state index in [1.165, 1.54) is 12.1 Å². The molecule has 0 bridgehead atoms. The van der Waals surface area contributed by atoms with E-state index in [4.69, 9.17) is 5.73 Å². The van der Waals surface area contributed by atoms with E-state index in [0.717, 1.165) is 22.0 Å². The van der Waals surface area contributed by atoms with Crippen molar-refractivity contribution in [3.63, 3.8) is 0 Å². The zero-order valence-electron chi connectivity index (χ0n) is 9.60. The molecule has 0 atom stereocenters. The second-order valence-electron chi connectivity index (χ2n) is 4.14. The van der Waals surface area contributed by atoms with Crippen LogP contribution in [0, 0.1) is 5.82 Å². The molecule has 0 spiro atoms. The molecule has 3 aromatic rings. The van der Waals surface area contributed by atoms with Gasteiger partial charge in [-0.15, -0.1) is 0 Å². The smallest absolute Gasteiger partial charge is 0.125 e. The molecular formula is C15H11FN2. The number of nitrogen functional groups attached to an aromatic ring is 1. The van der Waals surface area contributed by atoms with Gasteiger partial charge in [-0.1, -0.05) is 18.2 Å². The number of fused-ring (bicyclic) bond motifs is 1. The van der Waals surface area contributed by atoms with Crippen LogP contribution in [0.4, 0.5) is 10.1 Å². The Balaban J connectivity index is 2.19. The van der Waals surface area contributed by atoms with Crippen molar-refractivity contribution in [2.45, 2.75) is 0 Å². The van der Waals surface area contributed by atoms with Crippen molar-refractivity contribution in [1.82, 2.24) is 4.98 Å². The first-order valence-corrected chi connectivity index (χ1v) is 5.64. The van der Waals surface area contributed by atoms with Gasteiger partial charge >= 0.3 is 0 Å². The molecule has 2 nitrogen and oxygen atoms in total. The van der Waals surface area contributed by atoms with Crippen LogP contribution < -0.4 is 5.73 Å². The summed E-state index contributed by atoms with van der Waals surface area (Å²) in [5.41, 5.74) is 8.94. The fourth-order valence-corrected chi connectivity index (χ4v) is 2.03. The maximum atomic E-state index is 13.0. The number of benzene rings is 2. The molecule has 0 aliphatic rings. The molecule has 0 amide bonds. The zero-order chi connectivity index (χ0) is 12.5. The third-order valence-corrected chi connectivity index (χ3v) is 2.93. The molecule has 2 aromatic carbocycles. The number of nitrogens with zero attached hydrogens (tertiary/aromatic N) is 1. The standard InChI is InChI=1S/C15H11FN2/c16-12-5-6-13(14(17)9-12)11-4-3-10-2-1-7-18-15(10)8-11/h1-9H,17H2.